The normalized spacial score (nSPS) is 8.43. The molecular weight excluding hydrogens is 136 g/mol. The quantitative estimate of drug-likeness (QED) is 0.251. The number of phosphoric acid groups is 1. The Labute approximate surface area is 51.3 Å². The monoisotopic (exact) mass is 136 g/mol. The predicted octanol–water partition coefficient (Wildman–Crippen LogP) is -3.69. The molecule has 0 unspecified atom stereocenters. The summed E-state index contributed by atoms with van der Waals surface area (Å²) in [5.74, 6) is 0. The molecule has 37 valence electrons. The zero-order valence-corrected chi connectivity index (χ0v) is 5.15. The topological polar surface area (TPSA) is 117 Å². The third-order valence-corrected chi connectivity index (χ3v) is 0. The van der Waals surface area contributed by atoms with E-state index in [2.05, 4.69) is 0 Å². The van der Waals surface area contributed by atoms with E-state index in [1.807, 2.05) is 0 Å². The fourth-order valence-electron chi connectivity index (χ4n) is 0. The Morgan fingerprint density at radius 1 is 1.14 bits per heavy atom. The third kappa shape index (κ3) is 385. The maximum absolute atomic E-state index is 8.55. The van der Waals surface area contributed by atoms with Crippen LogP contribution in [0.5, 0.6) is 0 Å². The molecule has 0 atom stereocenters. The van der Waals surface area contributed by atoms with Gasteiger partial charge in [0.25, 0.3) is 0 Å². The second kappa shape index (κ2) is 4.75. The molecule has 0 fully saturated rings. The van der Waals surface area contributed by atoms with Crippen LogP contribution in [-0.4, -0.2) is 17.4 Å². The Bertz CT molecular complexity index is 57.8. The van der Waals surface area contributed by atoms with Crippen molar-refractivity contribution in [3.05, 3.63) is 0 Å². The van der Waals surface area contributed by atoms with Gasteiger partial charge in [-0.05, 0) is 0 Å². The van der Waals surface area contributed by atoms with Crippen molar-refractivity contribution in [2.24, 2.45) is 0 Å². The Balaban J connectivity index is -0.0000000800. The molecular formula is AlNO4P. The number of rotatable bonds is 0. The van der Waals surface area contributed by atoms with Crippen LogP contribution < -0.4 is 20.8 Å². The van der Waals surface area contributed by atoms with Gasteiger partial charge in [0, 0.05) is 6.15 Å². The molecule has 0 spiro atoms. The van der Waals surface area contributed by atoms with Gasteiger partial charge in [0.2, 0.25) is 0 Å². The van der Waals surface area contributed by atoms with Crippen molar-refractivity contribution in [2.75, 3.05) is 0 Å². The summed E-state index contributed by atoms with van der Waals surface area (Å²) in [5, 5.41) is 0. The maximum atomic E-state index is 8.55. The van der Waals surface area contributed by atoms with Crippen molar-refractivity contribution in [1.82, 2.24) is 6.15 Å². The van der Waals surface area contributed by atoms with Crippen LogP contribution in [-0.2, 0) is 4.57 Å². The van der Waals surface area contributed by atoms with Crippen LogP contribution >= 0.6 is 7.82 Å². The molecule has 0 aromatic heterocycles. The van der Waals surface area contributed by atoms with E-state index >= 15 is 0 Å². The third-order valence-electron chi connectivity index (χ3n) is 0. The fraction of sp³-hybridized carbons (Fsp3) is 0. The number of nitrogens with zero attached hydrogens (tertiary/aromatic N) is 1. The van der Waals surface area contributed by atoms with Gasteiger partial charge in [-0.2, -0.15) is 7.82 Å². The Morgan fingerprint density at radius 3 is 1.14 bits per heavy atom. The van der Waals surface area contributed by atoms with Crippen molar-refractivity contribution in [3.63, 3.8) is 0 Å². The minimum atomic E-state index is -5.39. The summed E-state index contributed by atoms with van der Waals surface area (Å²) < 4.78 is 8.55. The van der Waals surface area contributed by atoms with Crippen LogP contribution in [0.25, 0.3) is 0 Å². The summed E-state index contributed by atoms with van der Waals surface area (Å²) in [6, 6.07) is 0. The fourth-order valence-corrected chi connectivity index (χ4v) is 0. The van der Waals surface area contributed by atoms with Gasteiger partial charge in [-0.15, -0.1) is 0 Å². The minimum Gasteiger partial charge on any atom is -0.822 e. The average molecular weight is 136 g/mol. The smallest absolute Gasteiger partial charge is 0.822 e. The van der Waals surface area contributed by atoms with Crippen molar-refractivity contribution in [2.45, 2.75) is 0 Å². The van der Waals surface area contributed by atoms with Crippen LogP contribution in [0.3, 0.4) is 0 Å². The first-order valence-electron chi connectivity index (χ1n) is 0.730. The molecule has 7 heteroatoms. The second-order valence-corrected chi connectivity index (χ2v) is 1.34. The standard InChI is InChI=1S/Al.N.H3O4P/c;;1-5(2,3)4/h;;(H3,1,2,3,4)/q+3;;/p-3. The summed E-state index contributed by atoms with van der Waals surface area (Å²) >= 11 is 0. The molecule has 0 heterocycles. The van der Waals surface area contributed by atoms with Crippen molar-refractivity contribution in [3.8, 4) is 0 Å². The molecule has 0 bridgehead atoms. The van der Waals surface area contributed by atoms with Gasteiger partial charge in [0.1, 0.15) is 0 Å². The molecule has 0 aromatic rings. The molecule has 3 radical (unpaired) electrons. The largest absolute Gasteiger partial charge is 3.00 e. The minimum absolute atomic E-state index is 0. The molecule has 0 saturated carbocycles. The predicted molar refractivity (Wildman–Crippen MR) is 15.5 cm³/mol. The summed E-state index contributed by atoms with van der Waals surface area (Å²) in [6.07, 6.45) is 0. The molecule has 7 heavy (non-hydrogen) atoms. The zero-order chi connectivity index (χ0) is 4.50. The molecule has 0 aliphatic carbocycles. The van der Waals surface area contributed by atoms with Gasteiger partial charge < -0.3 is 19.2 Å². The van der Waals surface area contributed by atoms with E-state index in [0.717, 1.165) is 0 Å². The second-order valence-electron chi connectivity index (χ2n) is 0.447. The van der Waals surface area contributed by atoms with Crippen LogP contribution in [0.1, 0.15) is 0 Å². The summed E-state index contributed by atoms with van der Waals surface area (Å²) in [5.41, 5.74) is 0. The van der Waals surface area contributed by atoms with Gasteiger partial charge in [-0.3, -0.25) is 0 Å². The van der Waals surface area contributed by atoms with E-state index < -0.39 is 7.82 Å². The van der Waals surface area contributed by atoms with Gasteiger partial charge in [-0.25, -0.2) is 0 Å². The average Bonchev–Trinajstić information content (AvgIpc) is 0.722. The Hall–Kier alpha value is 0.602. The summed E-state index contributed by atoms with van der Waals surface area (Å²) in [4.78, 5) is 25.6. The van der Waals surface area contributed by atoms with Gasteiger partial charge in [0.15, 0.2) is 0 Å². The van der Waals surface area contributed by atoms with E-state index in [0.29, 0.717) is 0 Å². The first kappa shape index (κ1) is 15.6. The van der Waals surface area contributed by atoms with E-state index in [1.54, 1.807) is 0 Å². The molecule has 0 aliphatic rings. The maximum Gasteiger partial charge on any atom is 3.00 e. The number of hydrogen-bond donors (Lipinski definition) is 0. The molecule has 0 amide bonds. The van der Waals surface area contributed by atoms with E-state index in [1.165, 1.54) is 0 Å². The zero-order valence-electron chi connectivity index (χ0n) is 3.10. The van der Waals surface area contributed by atoms with Crippen LogP contribution in [0.4, 0.5) is 0 Å². The van der Waals surface area contributed by atoms with Crippen molar-refractivity contribution < 1.29 is 19.2 Å². The molecule has 0 N–H and O–H groups in total. The molecule has 0 aromatic carbocycles. The Morgan fingerprint density at radius 2 is 1.14 bits per heavy atom. The SMILES string of the molecule is O=P([O-])([O-])[O-].[Al+3].[N]. The van der Waals surface area contributed by atoms with Gasteiger partial charge in [-0.1, -0.05) is 0 Å². The van der Waals surface area contributed by atoms with Crippen LogP contribution in [0.2, 0.25) is 0 Å². The molecule has 0 rings (SSSR count). The molecule has 5 nitrogen and oxygen atoms in total. The molecule has 0 aliphatic heterocycles. The van der Waals surface area contributed by atoms with E-state index in [9.17, 15) is 0 Å². The first-order chi connectivity index (χ1) is 2.00. The molecule has 0 saturated heterocycles. The van der Waals surface area contributed by atoms with Gasteiger partial charge in [0.05, 0.1) is 0 Å². The van der Waals surface area contributed by atoms with Crippen molar-refractivity contribution in [1.29, 1.82) is 0 Å². The van der Waals surface area contributed by atoms with Crippen LogP contribution in [0, 0.1) is 0 Å². The Kier molecular flexibility index (Phi) is 10.6. The first-order valence-corrected chi connectivity index (χ1v) is 2.19. The summed E-state index contributed by atoms with van der Waals surface area (Å²) in [6.45, 7) is 0. The van der Waals surface area contributed by atoms with E-state index in [-0.39, 0.29) is 23.5 Å². The van der Waals surface area contributed by atoms with Crippen molar-refractivity contribution >= 4 is 25.2 Å². The number of hydrogen-bond acceptors (Lipinski definition) is 4. The van der Waals surface area contributed by atoms with E-state index in [4.69, 9.17) is 19.2 Å². The van der Waals surface area contributed by atoms with Gasteiger partial charge >= 0.3 is 17.4 Å². The van der Waals surface area contributed by atoms with Crippen LogP contribution in [0.15, 0.2) is 0 Å². The summed E-state index contributed by atoms with van der Waals surface area (Å²) in [7, 11) is -5.39.